The summed E-state index contributed by atoms with van der Waals surface area (Å²) in [5.74, 6) is 1.21. The van der Waals surface area contributed by atoms with Gasteiger partial charge in [0.15, 0.2) is 5.78 Å². The van der Waals surface area contributed by atoms with Gasteiger partial charge in [-0.15, -0.1) is 0 Å². The summed E-state index contributed by atoms with van der Waals surface area (Å²) in [6.07, 6.45) is 6.04. The Morgan fingerprint density at radius 3 is 1.67 bits per heavy atom. The number of halogens is 2. The maximum atomic E-state index is 13.0. The molecule has 0 saturated heterocycles. The molecule has 3 nitrogen and oxygen atoms in total. The Balaban J connectivity index is 1.95. The molecule has 0 unspecified atom stereocenters. The second kappa shape index (κ2) is 8.64. The van der Waals surface area contributed by atoms with E-state index in [1.807, 2.05) is 36.4 Å². The number of ketones is 1. The molecular weight excluding hydrogens is 383 g/mol. The van der Waals surface area contributed by atoms with Crippen molar-refractivity contribution >= 4 is 41.1 Å². The number of Topliss-reactive ketones (excluding diaryl/α,β-unsaturated/α-hetero) is 1. The van der Waals surface area contributed by atoms with Crippen LogP contribution in [0.2, 0.25) is 10.0 Å². The normalized spacial score (nSPS) is 17.4. The van der Waals surface area contributed by atoms with Gasteiger partial charge in [-0.05, 0) is 54.7 Å². The molecule has 0 amide bonds. The first-order valence-electron chi connectivity index (χ1n) is 8.66. The average molecular weight is 403 g/mol. The maximum Gasteiger partial charge on any atom is 0.185 e. The van der Waals surface area contributed by atoms with Gasteiger partial charge in [-0.2, -0.15) is 0 Å². The highest BCUT2D eigenvalue weighted by atomic mass is 35.5. The van der Waals surface area contributed by atoms with Gasteiger partial charge < -0.3 is 9.47 Å². The Morgan fingerprint density at radius 1 is 0.815 bits per heavy atom. The van der Waals surface area contributed by atoms with Gasteiger partial charge in [-0.3, -0.25) is 4.79 Å². The first kappa shape index (κ1) is 19.5. The molecule has 27 heavy (non-hydrogen) atoms. The van der Waals surface area contributed by atoms with E-state index in [9.17, 15) is 4.79 Å². The standard InChI is InChI=1S/C22H20Cl2O3/c1-26-18-10-4-6-14(20(18)23)12-16-8-3-9-17(22(16)25)13-15-7-5-11-19(27-2)21(15)24/h4-7,10-13H,3,8-9H2,1-2H3. The van der Waals surface area contributed by atoms with E-state index in [2.05, 4.69) is 0 Å². The summed E-state index contributed by atoms with van der Waals surface area (Å²) < 4.78 is 10.5. The number of hydrogen-bond acceptors (Lipinski definition) is 3. The van der Waals surface area contributed by atoms with Crippen LogP contribution in [0.1, 0.15) is 30.4 Å². The van der Waals surface area contributed by atoms with Crippen molar-refractivity contribution in [3.63, 3.8) is 0 Å². The Morgan fingerprint density at radius 2 is 1.26 bits per heavy atom. The lowest BCUT2D eigenvalue weighted by Crippen LogP contribution is -2.12. The third kappa shape index (κ3) is 4.20. The van der Waals surface area contributed by atoms with Crippen molar-refractivity contribution in [2.75, 3.05) is 14.2 Å². The quantitative estimate of drug-likeness (QED) is 0.568. The third-order valence-corrected chi connectivity index (χ3v) is 5.37. The maximum absolute atomic E-state index is 13.0. The molecule has 0 bridgehead atoms. The highest BCUT2D eigenvalue weighted by Crippen LogP contribution is 2.35. The number of hydrogen-bond donors (Lipinski definition) is 0. The van der Waals surface area contributed by atoms with Crippen LogP contribution in [0.15, 0.2) is 47.5 Å². The summed E-state index contributed by atoms with van der Waals surface area (Å²) in [7, 11) is 3.14. The van der Waals surface area contributed by atoms with E-state index in [0.29, 0.717) is 21.5 Å². The van der Waals surface area contributed by atoms with Gasteiger partial charge in [0, 0.05) is 11.1 Å². The van der Waals surface area contributed by atoms with Crippen molar-refractivity contribution in [3.05, 3.63) is 68.7 Å². The first-order valence-corrected chi connectivity index (χ1v) is 9.41. The Bertz CT molecular complexity index is 856. The minimum atomic E-state index is 0.0269. The molecule has 5 heteroatoms. The first-order chi connectivity index (χ1) is 13.0. The van der Waals surface area contributed by atoms with Crippen LogP contribution < -0.4 is 9.47 Å². The Kier molecular flexibility index (Phi) is 6.25. The molecule has 0 heterocycles. The van der Waals surface area contributed by atoms with Crippen LogP contribution in [0.5, 0.6) is 11.5 Å². The molecular formula is C22H20Cl2O3. The zero-order valence-corrected chi connectivity index (χ0v) is 16.7. The third-order valence-electron chi connectivity index (χ3n) is 4.56. The zero-order valence-electron chi connectivity index (χ0n) is 15.2. The van der Waals surface area contributed by atoms with Crippen molar-refractivity contribution in [2.24, 2.45) is 0 Å². The molecule has 3 rings (SSSR count). The van der Waals surface area contributed by atoms with Crippen LogP contribution in [0, 0.1) is 0 Å². The van der Waals surface area contributed by atoms with Gasteiger partial charge >= 0.3 is 0 Å². The summed E-state index contributed by atoms with van der Waals surface area (Å²) in [4.78, 5) is 13.0. The molecule has 140 valence electrons. The van der Waals surface area contributed by atoms with E-state index in [4.69, 9.17) is 32.7 Å². The second-order valence-corrected chi connectivity index (χ2v) is 7.00. The Hall–Kier alpha value is -2.23. The highest BCUT2D eigenvalue weighted by Gasteiger charge is 2.21. The van der Waals surface area contributed by atoms with Crippen molar-refractivity contribution < 1.29 is 14.3 Å². The van der Waals surface area contributed by atoms with Crippen LogP contribution in [0.25, 0.3) is 12.2 Å². The fraction of sp³-hybridized carbons (Fsp3) is 0.227. The van der Waals surface area contributed by atoms with Crippen LogP contribution >= 0.6 is 23.2 Å². The van der Waals surface area contributed by atoms with Crippen LogP contribution in [0.4, 0.5) is 0 Å². The summed E-state index contributed by atoms with van der Waals surface area (Å²) in [5, 5.41) is 1.01. The smallest absolute Gasteiger partial charge is 0.185 e. The summed E-state index contributed by atoms with van der Waals surface area (Å²) >= 11 is 12.7. The highest BCUT2D eigenvalue weighted by molar-refractivity contribution is 6.34. The number of carbonyl (C=O) groups excluding carboxylic acids is 1. The predicted molar refractivity (Wildman–Crippen MR) is 111 cm³/mol. The van der Waals surface area contributed by atoms with Crippen LogP contribution in [-0.2, 0) is 4.79 Å². The molecule has 0 atom stereocenters. The fourth-order valence-electron chi connectivity index (χ4n) is 3.15. The average Bonchev–Trinajstić information content (AvgIpc) is 2.68. The summed E-state index contributed by atoms with van der Waals surface area (Å²) in [6.45, 7) is 0. The van der Waals surface area contributed by atoms with Gasteiger partial charge in [-0.1, -0.05) is 47.5 Å². The molecule has 1 saturated carbocycles. The SMILES string of the molecule is COc1cccc(C=C2CCCC(=Cc3cccc(OC)c3Cl)C2=O)c1Cl. The van der Waals surface area contributed by atoms with Crippen molar-refractivity contribution in [2.45, 2.75) is 19.3 Å². The van der Waals surface area contributed by atoms with E-state index in [-0.39, 0.29) is 5.78 Å². The molecule has 0 spiro atoms. The lowest BCUT2D eigenvalue weighted by atomic mass is 9.87. The van der Waals surface area contributed by atoms with Gasteiger partial charge in [-0.25, -0.2) is 0 Å². The van der Waals surface area contributed by atoms with Gasteiger partial charge in [0.25, 0.3) is 0 Å². The van der Waals surface area contributed by atoms with E-state index >= 15 is 0 Å². The lowest BCUT2D eigenvalue weighted by molar-refractivity contribution is -0.112. The largest absolute Gasteiger partial charge is 0.495 e. The monoisotopic (exact) mass is 402 g/mol. The van der Waals surface area contributed by atoms with Gasteiger partial charge in [0.2, 0.25) is 0 Å². The number of benzene rings is 2. The van der Waals surface area contributed by atoms with Crippen molar-refractivity contribution in [1.29, 1.82) is 0 Å². The van der Waals surface area contributed by atoms with E-state index in [0.717, 1.165) is 41.5 Å². The summed E-state index contributed by atoms with van der Waals surface area (Å²) in [5.41, 5.74) is 3.03. The molecule has 1 aliphatic rings. The minimum Gasteiger partial charge on any atom is -0.495 e. The topological polar surface area (TPSA) is 35.5 Å². The number of ether oxygens (including phenoxy) is 2. The molecule has 2 aromatic carbocycles. The molecule has 0 aliphatic heterocycles. The molecule has 0 N–H and O–H groups in total. The van der Waals surface area contributed by atoms with E-state index < -0.39 is 0 Å². The van der Waals surface area contributed by atoms with Crippen LogP contribution in [-0.4, -0.2) is 20.0 Å². The zero-order chi connectivity index (χ0) is 19.4. The van der Waals surface area contributed by atoms with Crippen molar-refractivity contribution in [1.82, 2.24) is 0 Å². The number of methoxy groups -OCH3 is 2. The molecule has 0 radical (unpaired) electrons. The number of carbonyl (C=O) groups is 1. The lowest BCUT2D eigenvalue weighted by Gasteiger charge is -2.17. The second-order valence-electron chi connectivity index (χ2n) is 6.25. The molecule has 2 aromatic rings. The molecule has 1 fully saturated rings. The van der Waals surface area contributed by atoms with Crippen LogP contribution in [0.3, 0.4) is 0 Å². The number of rotatable bonds is 4. The Labute approximate surface area is 169 Å². The van der Waals surface area contributed by atoms with Gasteiger partial charge in [0.1, 0.15) is 11.5 Å². The predicted octanol–water partition coefficient (Wildman–Crippen LogP) is 6.23. The fourth-order valence-corrected chi connectivity index (χ4v) is 3.66. The molecule has 1 aliphatic carbocycles. The number of allylic oxidation sites excluding steroid dienone is 2. The van der Waals surface area contributed by atoms with Crippen molar-refractivity contribution in [3.8, 4) is 11.5 Å². The molecule has 0 aromatic heterocycles. The van der Waals surface area contributed by atoms with E-state index in [1.54, 1.807) is 26.4 Å². The van der Waals surface area contributed by atoms with E-state index in [1.165, 1.54) is 0 Å². The minimum absolute atomic E-state index is 0.0269. The summed E-state index contributed by atoms with van der Waals surface area (Å²) in [6, 6.07) is 11.1. The van der Waals surface area contributed by atoms with Gasteiger partial charge in [0.05, 0.1) is 24.3 Å².